The number of benzene rings is 1. The van der Waals surface area contributed by atoms with Crippen LogP contribution in [0.25, 0.3) is 11.3 Å². The van der Waals surface area contributed by atoms with E-state index in [0.29, 0.717) is 43.6 Å². The van der Waals surface area contributed by atoms with Gasteiger partial charge >= 0.3 is 0 Å². The maximum absolute atomic E-state index is 14.7. The fraction of sp³-hybridized carbons (Fsp3) is 0.560. The van der Waals surface area contributed by atoms with E-state index in [1.54, 1.807) is 19.9 Å². The molecule has 2 aliphatic rings. The fourth-order valence-corrected chi connectivity index (χ4v) is 4.54. The lowest BCUT2D eigenvalue weighted by atomic mass is 9.97. The van der Waals surface area contributed by atoms with Crippen molar-refractivity contribution in [2.75, 3.05) is 39.3 Å². The van der Waals surface area contributed by atoms with E-state index in [1.807, 2.05) is 0 Å². The van der Waals surface area contributed by atoms with E-state index in [0.717, 1.165) is 25.9 Å². The number of β-amino-alcohol motifs (C(OH)–C–C–N with tert-alkyl or cyclic N) is 1. The van der Waals surface area contributed by atoms with Gasteiger partial charge in [0.25, 0.3) is 5.91 Å². The second-order valence-corrected chi connectivity index (χ2v) is 9.88. The molecule has 0 bridgehead atoms. The van der Waals surface area contributed by atoms with Gasteiger partial charge in [0.15, 0.2) is 0 Å². The zero-order valence-corrected chi connectivity index (χ0v) is 19.7. The SMILES string of the molecule is CC(C)(F)CN1CCC(COc2cnc(-c3ccc(C(=O)N4CC[C@H](O)C4)cc3F)cn2)CC1. The lowest BCUT2D eigenvalue weighted by molar-refractivity contribution is 0.0764. The van der Waals surface area contributed by atoms with Crippen LogP contribution < -0.4 is 4.74 Å². The molecule has 3 heterocycles. The Bertz CT molecular complexity index is 989. The number of likely N-dealkylation sites (tertiary alicyclic amines) is 2. The maximum Gasteiger partial charge on any atom is 0.254 e. The normalized spacial score (nSPS) is 20.0. The average molecular weight is 475 g/mol. The molecule has 1 atom stereocenters. The van der Waals surface area contributed by atoms with Crippen LogP contribution in [0.3, 0.4) is 0 Å². The van der Waals surface area contributed by atoms with Gasteiger partial charge in [-0.15, -0.1) is 0 Å². The van der Waals surface area contributed by atoms with Gasteiger partial charge in [-0.25, -0.2) is 18.7 Å². The predicted octanol–water partition coefficient (Wildman–Crippen LogP) is 3.33. The quantitative estimate of drug-likeness (QED) is 0.663. The maximum atomic E-state index is 14.7. The van der Waals surface area contributed by atoms with Gasteiger partial charge in [0.1, 0.15) is 11.5 Å². The van der Waals surface area contributed by atoms with Crippen LogP contribution in [-0.2, 0) is 0 Å². The Labute approximate surface area is 198 Å². The molecule has 34 heavy (non-hydrogen) atoms. The van der Waals surface area contributed by atoms with Crippen LogP contribution >= 0.6 is 0 Å². The average Bonchev–Trinajstić information content (AvgIpc) is 3.24. The molecule has 0 saturated carbocycles. The minimum Gasteiger partial charge on any atom is -0.476 e. The Morgan fingerprint density at radius 1 is 1.18 bits per heavy atom. The lowest BCUT2D eigenvalue weighted by Gasteiger charge is -2.34. The highest BCUT2D eigenvalue weighted by atomic mass is 19.1. The topological polar surface area (TPSA) is 78.8 Å². The molecule has 1 N–H and O–H groups in total. The van der Waals surface area contributed by atoms with E-state index < -0.39 is 17.6 Å². The number of alkyl halides is 1. The van der Waals surface area contributed by atoms with Crippen molar-refractivity contribution in [3.05, 3.63) is 42.0 Å². The molecule has 0 spiro atoms. The van der Waals surface area contributed by atoms with E-state index in [9.17, 15) is 18.7 Å². The van der Waals surface area contributed by atoms with Crippen molar-refractivity contribution in [1.29, 1.82) is 0 Å². The van der Waals surface area contributed by atoms with Crippen molar-refractivity contribution in [3.8, 4) is 17.1 Å². The van der Waals surface area contributed by atoms with Crippen molar-refractivity contribution in [3.63, 3.8) is 0 Å². The van der Waals surface area contributed by atoms with Gasteiger partial charge < -0.3 is 19.6 Å². The van der Waals surface area contributed by atoms with Gasteiger partial charge in [-0.2, -0.15) is 0 Å². The number of rotatable bonds is 7. The number of amides is 1. The molecule has 2 saturated heterocycles. The standard InChI is InChI=1S/C25H32F2N4O3/c1-25(2,27)16-30-8-5-17(6-9-30)15-34-23-13-28-22(12-29-23)20-4-3-18(11-21(20)26)24(33)31-10-7-19(32)14-31/h3-4,11-13,17,19,32H,5-10,14-16H2,1-2H3/t19-/m0/s1. The molecule has 7 nitrogen and oxygen atoms in total. The van der Waals surface area contributed by atoms with Crippen LogP contribution in [0, 0.1) is 11.7 Å². The first-order valence-corrected chi connectivity index (χ1v) is 11.8. The highest BCUT2D eigenvalue weighted by molar-refractivity contribution is 5.95. The molecule has 0 unspecified atom stereocenters. The van der Waals surface area contributed by atoms with Gasteiger partial charge in [0.2, 0.25) is 5.88 Å². The number of hydrogen-bond acceptors (Lipinski definition) is 6. The van der Waals surface area contributed by atoms with Crippen molar-refractivity contribution in [2.45, 2.75) is 44.9 Å². The van der Waals surface area contributed by atoms with Gasteiger partial charge in [0, 0.05) is 30.8 Å². The third-order valence-corrected chi connectivity index (χ3v) is 6.34. The first-order chi connectivity index (χ1) is 16.2. The number of aliphatic hydroxyl groups excluding tert-OH is 1. The number of piperidine rings is 1. The third kappa shape index (κ3) is 6.27. The molecule has 1 amide bonds. The summed E-state index contributed by atoms with van der Waals surface area (Å²) in [5, 5.41) is 9.62. The summed E-state index contributed by atoms with van der Waals surface area (Å²) in [6, 6.07) is 4.28. The number of hydrogen-bond donors (Lipinski definition) is 1. The summed E-state index contributed by atoms with van der Waals surface area (Å²) in [5.74, 6) is -0.108. The number of aliphatic hydroxyl groups is 1. The number of halogens is 2. The lowest BCUT2D eigenvalue weighted by Crippen LogP contribution is -2.41. The summed E-state index contributed by atoms with van der Waals surface area (Å²) in [6.07, 6.45) is 4.82. The largest absolute Gasteiger partial charge is 0.476 e. The molecule has 1 aromatic heterocycles. The van der Waals surface area contributed by atoms with Gasteiger partial charge in [-0.05, 0) is 70.3 Å². The van der Waals surface area contributed by atoms with Crippen LogP contribution in [-0.4, -0.2) is 81.9 Å². The molecular formula is C25H32F2N4O3. The van der Waals surface area contributed by atoms with E-state index in [1.165, 1.54) is 29.4 Å². The van der Waals surface area contributed by atoms with E-state index in [-0.39, 0.29) is 23.6 Å². The van der Waals surface area contributed by atoms with Crippen molar-refractivity contribution in [1.82, 2.24) is 19.8 Å². The van der Waals surface area contributed by atoms with Crippen LogP contribution in [0.2, 0.25) is 0 Å². The zero-order chi connectivity index (χ0) is 24.3. The first-order valence-electron chi connectivity index (χ1n) is 11.8. The molecule has 184 valence electrons. The first kappa shape index (κ1) is 24.5. The Morgan fingerprint density at radius 2 is 1.94 bits per heavy atom. The monoisotopic (exact) mass is 474 g/mol. The van der Waals surface area contributed by atoms with Crippen LogP contribution in [0.1, 0.15) is 43.5 Å². The summed E-state index contributed by atoms with van der Waals surface area (Å²) < 4.78 is 34.3. The second kappa shape index (κ2) is 10.3. The second-order valence-electron chi connectivity index (χ2n) is 9.88. The number of carbonyl (C=O) groups is 1. The van der Waals surface area contributed by atoms with Crippen molar-refractivity contribution < 1.29 is 23.4 Å². The Balaban J connectivity index is 1.30. The Kier molecular flexibility index (Phi) is 7.42. The molecule has 0 radical (unpaired) electrons. The molecule has 0 aliphatic carbocycles. The minimum atomic E-state index is -1.19. The smallest absolute Gasteiger partial charge is 0.254 e. The number of carbonyl (C=O) groups excluding carboxylic acids is 1. The molecule has 4 rings (SSSR count). The summed E-state index contributed by atoms with van der Waals surface area (Å²) in [7, 11) is 0. The molecule has 2 aliphatic heterocycles. The third-order valence-electron chi connectivity index (χ3n) is 6.34. The summed E-state index contributed by atoms with van der Waals surface area (Å²) in [4.78, 5) is 24.7. The van der Waals surface area contributed by atoms with Gasteiger partial charge in [0.05, 0.1) is 30.8 Å². The Hall–Kier alpha value is -2.65. The molecule has 1 aromatic carbocycles. The highest BCUT2D eigenvalue weighted by Gasteiger charge is 2.27. The van der Waals surface area contributed by atoms with Crippen molar-refractivity contribution >= 4 is 5.91 Å². The summed E-state index contributed by atoms with van der Waals surface area (Å²) >= 11 is 0. The van der Waals surface area contributed by atoms with Crippen LogP contribution in [0.15, 0.2) is 30.6 Å². The van der Waals surface area contributed by atoms with Gasteiger partial charge in [-0.3, -0.25) is 4.79 Å². The summed E-state index contributed by atoms with van der Waals surface area (Å²) in [6.45, 7) is 6.59. The highest BCUT2D eigenvalue weighted by Crippen LogP contribution is 2.25. The Morgan fingerprint density at radius 3 is 2.53 bits per heavy atom. The number of aromatic nitrogens is 2. The van der Waals surface area contributed by atoms with E-state index in [2.05, 4.69) is 14.9 Å². The predicted molar refractivity (Wildman–Crippen MR) is 124 cm³/mol. The fourth-order valence-electron chi connectivity index (χ4n) is 4.54. The zero-order valence-electron chi connectivity index (χ0n) is 19.7. The molecule has 2 aromatic rings. The van der Waals surface area contributed by atoms with Crippen LogP contribution in [0.4, 0.5) is 8.78 Å². The molecule has 9 heteroatoms. The summed E-state index contributed by atoms with van der Waals surface area (Å²) in [5.41, 5.74) is -0.347. The molecular weight excluding hydrogens is 442 g/mol. The molecule has 2 fully saturated rings. The minimum absolute atomic E-state index is 0.240. The number of nitrogens with zero attached hydrogens (tertiary/aromatic N) is 4. The van der Waals surface area contributed by atoms with E-state index in [4.69, 9.17) is 4.74 Å². The van der Waals surface area contributed by atoms with Crippen molar-refractivity contribution in [2.24, 2.45) is 5.92 Å². The van der Waals surface area contributed by atoms with Crippen LogP contribution in [0.5, 0.6) is 5.88 Å². The van der Waals surface area contributed by atoms with E-state index >= 15 is 0 Å². The van der Waals surface area contributed by atoms with Gasteiger partial charge in [-0.1, -0.05) is 0 Å². The number of ether oxygens (including phenoxy) is 1.